The zero-order valence-corrected chi connectivity index (χ0v) is 28.7. The molecule has 42 heavy (non-hydrogen) atoms. The van der Waals surface area contributed by atoms with Crippen molar-refractivity contribution in [3.8, 4) is 23.0 Å². The van der Waals surface area contributed by atoms with Crippen LogP contribution in [0.25, 0.3) is 0 Å². The maximum Gasteiger partial charge on any atom is 0.126 e. The minimum Gasteiger partial charge on any atom is -0.507 e. The molecule has 0 saturated heterocycles. The average Bonchev–Trinajstić information content (AvgIpc) is 2.92. The fourth-order valence-electron chi connectivity index (χ4n) is 5.41. The normalized spacial score (nSPS) is 12.7. The van der Waals surface area contributed by atoms with Gasteiger partial charge in [-0.25, -0.2) is 0 Å². The van der Waals surface area contributed by atoms with Crippen LogP contribution in [0.2, 0.25) is 0 Å². The van der Waals surface area contributed by atoms with Gasteiger partial charge in [0.2, 0.25) is 0 Å². The van der Waals surface area contributed by atoms with Crippen molar-refractivity contribution in [1.29, 1.82) is 0 Å². The van der Waals surface area contributed by atoms with Crippen molar-refractivity contribution in [2.24, 2.45) is 0 Å². The van der Waals surface area contributed by atoms with Gasteiger partial charge in [0.25, 0.3) is 0 Å². The van der Waals surface area contributed by atoms with Crippen molar-refractivity contribution in [1.82, 2.24) is 0 Å². The van der Waals surface area contributed by atoms with Crippen LogP contribution in [-0.4, -0.2) is 46.9 Å². The predicted octanol–water partition coefficient (Wildman–Crippen LogP) is 7.57. The Bertz CT molecular complexity index is 1420. The predicted molar refractivity (Wildman–Crippen MR) is 176 cm³/mol. The topological polar surface area (TPSA) is 99.4 Å². The molecule has 5 rings (SSSR count). The molecule has 6 nitrogen and oxygen atoms in total. The molecular weight excluding hydrogens is 800 g/mol. The number of aliphatic hydroxyl groups is 2. The van der Waals surface area contributed by atoms with E-state index in [-0.39, 0.29) is 37.9 Å². The van der Waals surface area contributed by atoms with Crippen LogP contribution in [0.15, 0.2) is 66.4 Å². The molecule has 0 aliphatic heterocycles. The van der Waals surface area contributed by atoms with Gasteiger partial charge in [-0.15, -0.1) is 0 Å². The molecule has 0 aromatic heterocycles. The Balaban J connectivity index is 1.79. The van der Waals surface area contributed by atoms with E-state index in [9.17, 15) is 20.4 Å². The van der Waals surface area contributed by atoms with E-state index < -0.39 is 0 Å². The maximum absolute atomic E-state index is 11.5. The summed E-state index contributed by atoms with van der Waals surface area (Å²) >= 11 is 14.6. The lowest BCUT2D eigenvalue weighted by molar-refractivity contribution is 0.199. The highest BCUT2D eigenvalue weighted by Crippen LogP contribution is 2.41. The van der Waals surface area contributed by atoms with Gasteiger partial charge in [0.1, 0.15) is 36.2 Å². The summed E-state index contributed by atoms with van der Waals surface area (Å²) in [7, 11) is 0. The molecule has 0 fully saturated rings. The molecule has 0 atom stereocenters. The van der Waals surface area contributed by atoms with Crippen LogP contribution in [0.1, 0.15) is 44.5 Å². The molecule has 0 amide bonds. The molecule has 1 aliphatic carbocycles. The molecular formula is C32H28Br4O6. The van der Waals surface area contributed by atoms with Crippen LogP contribution in [0.3, 0.4) is 0 Å². The Labute approximate surface area is 277 Å². The van der Waals surface area contributed by atoms with Crippen molar-refractivity contribution >= 4 is 63.7 Å². The Kier molecular flexibility index (Phi) is 10.2. The van der Waals surface area contributed by atoms with Gasteiger partial charge in [-0.2, -0.15) is 0 Å². The Morgan fingerprint density at radius 2 is 0.690 bits per heavy atom. The smallest absolute Gasteiger partial charge is 0.126 e. The molecule has 0 heterocycles. The molecule has 1 aliphatic rings. The van der Waals surface area contributed by atoms with Crippen LogP contribution < -0.4 is 9.47 Å². The first-order valence-corrected chi connectivity index (χ1v) is 16.4. The average molecular weight is 828 g/mol. The number of aliphatic hydroxyl groups excluding tert-OH is 2. The number of aromatic hydroxyl groups is 2. The highest BCUT2D eigenvalue weighted by molar-refractivity contribution is 9.11. The van der Waals surface area contributed by atoms with E-state index >= 15 is 0 Å². The number of ether oxygens (including phenoxy) is 2. The summed E-state index contributed by atoms with van der Waals surface area (Å²) in [5.74, 6) is 1.55. The summed E-state index contributed by atoms with van der Waals surface area (Å²) in [6, 6.07) is 15.4. The van der Waals surface area contributed by atoms with Gasteiger partial charge in [-0.1, -0.05) is 63.7 Å². The summed E-state index contributed by atoms with van der Waals surface area (Å²) in [6.45, 7) is -0.0938. The first-order chi connectivity index (χ1) is 20.2. The van der Waals surface area contributed by atoms with Gasteiger partial charge in [-0.05, 0) is 70.8 Å². The number of benzene rings is 4. The van der Waals surface area contributed by atoms with E-state index in [0.717, 1.165) is 40.1 Å². The van der Waals surface area contributed by atoms with E-state index in [4.69, 9.17) is 9.47 Å². The molecule has 0 saturated carbocycles. The van der Waals surface area contributed by atoms with E-state index in [1.807, 2.05) is 48.5 Å². The monoisotopic (exact) mass is 824 g/mol. The summed E-state index contributed by atoms with van der Waals surface area (Å²) < 4.78 is 15.5. The summed E-state index contributed by atoms with van der Waals surface area (Å²) in [5.41, 5.74) is 6.10. The van der Waals surface area contributed by atoms with E-state index in [0.29, 0.717) is 59.4 Å². The largest absolute Gasteiger partial charge is 0.507 e. The van der Waals surface area contributed by atoms with E-state index in [2.05, 4.69) is 63.7 Å². The van der Waals surface area contributed by atoms with Gasteiger partial charge in [0.05, 0.1) is 13.2 Å². The van der Waals surface area contributed by atoms with Gasteiger partial charge in [0.15, 0.2) is 0 Å². The number of fused-ring (bicyclic) bond motifs is 8. The first kappa shape index (κ1) is 31.3. The first-order valence-electron chi connectivity index (χ1n) is 13.3. The molecule has 10 heteroatoms. The maximum atomic E-state index is 11.5. The lowest BCUT2D eigenvalue weighted by atomic mass is 9.91. The number of phenols is 2. The van der Waals surface area contributed by atoms with Crippen molar-refractivity contribution in [2.75, 3.05) is 26.4 Å². The van der Waals surface area contributed by atoms with Crippen LogP contribution >= 0.6 is 63.7 Å². The second-order valence-electron chi connectivity index (χ2n) is 10.1. The quantitative estimate of drug-likeness (QED) is 0.141. The summed E-state index contributed by atoms with van der Waals surface area (Å²) in [6.07, 6.45) is 1.44. The van der Waals surface area contributed by atoms with Crippen molar-refractivity contribution in [3.05, 3.63) is 111 Å². The number of halogens is 4. The third-order valence-electron chi connectivity index (χ3n) is 7.08. The van der Waals surface area contributed by atoms with Crippen LogP contribution in [0, 0.1) is 0 Å². The van der Waals surface area contributed by atoms with Gasteiger partial charge in [-0.3, -0.25) is 0 Å². The summed E-state index contributed by atoms with van der Waals surface area (Å²) in [4.78, 5) is 0. The Morgan fingerprint density at radius 3 is 0.929 bits per heavy atom. The third-order valence-corrected chi connectivity index (χ3v) is 8.91. The molecule has 0 unspecified atom stereocenters. The fraction of sp³-hybridized carbons (Fsp3) is 0.250. The van der Waals surface area contributed by atoms with Crippen LogP contribution in [0.5, 0.6) is 23.0 Å². The minimum atomic E-state index is -0.151. The number of rotatable bonds is 6. The lowest BCUT2D eigenvalue weighted by Crippen LogP contribution is -2.09. The van der Waals surface area contributed by atoms with Crippen LogP contribution in [-0.2, 0) is 25.7 Å². The summed E-state index contributed by atoms with van der Waals surface area (Å²) in [5, 5.41) is 42.2. The second kappa shape index (κ2) is 13.7. The highest BCUT2D eigenvalue weighted by Gasteiger charge is 2.22. The SMILES string of the molecule is OCCOc1c2cc(Br)cc1Cc1cc(Br)cc(c1O)Cc1cc(Br)cc(c1OCCO)Cc1cc(Br)cc(c1O)C2. The second-order valence-corrected chi connectivity index (χ2v) is 13.8. The van der Waals surface area contributed by atoms with Gasteiger partial charge < -0.3 is 29.9 Å². The van der Waals surface area contributed by atoms with Crippen molar-refractivity contribution in [3.63, 3.8) is 0 Å². The Morgan fingerprint density at radius 1 is 0.452 bits per heavy atom. The molecule has 4 aromatic carbocycles. The molecule has 4 N–H and O–H groups in total. The number of hydrogen-bond donors (Lipinski definition) is 4. The number of hydrogen-bond acceptors (Lipinski definition) is 6. The third kappa shape index (κ3) is 7.00. The van der Waals surface area contributed by atoms with E-state index in [1.165, 1.54) is 0 Å². The molecule has 0 spiro atoms. The van der Waals surface area contributed by atoms with Gasteiger partial charge in [0, 0.05) is 65.8 Å². The Hall–Kier alpha value is -2.08. The molecule has 4 aromatic rings. The molecule has 220 valence electrons. The lowest BCUT2D eigenvalue weighted by Gasteiger charge is -2.21. The van der Waals surface area contributed by atoms with Gasteiger partial charge >= 0.3 is 0 Å². The fourth-order valence-corrected chi connectivity index (χ4v) is 7.62. The molecule has 0 radical (unpaired) electrons. The van der Waals surface area contributed by atoms with Crippen molar-refractivity contribution < 1.29 is 29.9 Å². The molecule has 8 bridgehead atoms. The van der Waals surface area contributed by atoms with Crippen molar-refractivity contribution in [2.45, 2.75) is 25.7 Å². The van der Waals surface area contributed by atoms with Crippen LogP contribution in [0.4, 0.5) is 0 Å². The zero-order chi connectivity index (χ0) is 30.0. The highest BCUT2D eigenvalue weighted by atomic mass is 79.9. The minimum absolute atomic E-state index is 0.104. The number of phenolic OH excluding ortho intramolecular Hbond substituents is 2. The zero-order valence-electron chi connectivity index (χ0n) is 22.4. The van der Waals surface area contributed by atoms with E-state index in [1.54, 1.807) is 0 Å². The standard InChI is InChI=1S/C32H28Br4O6/c33-25-9-17-5-21-13-27(35)14-22(31(21)41-3-1-37)6-18-10-26(34)12-20(30(18)40)8-24-16-28(36)15-23(32(24)42-4-2-38)7-19(11-25)29(17)39/h9-16,37-40H,1-8H2.